The number of nitrogens with zero attached hydrogens (tertiary/aromatic N) is 1. The standard InChI is InChI=1S/C11H15NO2/c1-3-14-11(13)10-7-12(6-8(10)2)9-4-5-9/h6-7,9H,3-5H2,1-2H3. The van der Waals surface area contributed by atoms with E-state index in [1.807, 2.05) is 26.2 Å². The average Bonchev–Trinajstić information content (AvgIpc) is 2.91. The lowest BCUT2D eigenvalue weighted by molar-refractivity contribution is 0.0525. The Labute approximate surface area is 83.7 Å². The van der Waals surface area contributed by atoms with Crippen LogP contribution in [0, 0.1) is 6.92 Å². The van der Waals surface area contributed by atoms with Crippen molar-refractivity contribution in [3.63, 3.8) is 0 Å². The van der Waals surface area contributed by atoms with Gasteiger partial charge in [-0.1, -0.05) is 0 Å². The zero-order valence-electron chi connectivity index (χ0n) is 8.62. The molecule has 1 aliphatic rings. The maximum Gasteiger partial charge on any atom is 0.339 e. The highest BCUT2D eigenvalue weighted by atomic mass is 16.5. The Morgan fingerprint density at radius 2 is 2.29 bits per heavy atom. The highest BCUT2D eigenvalue weighted by molar-refractivity contribution is 5.90. The fourth-order valence-electron chi connectivity index (χ4n) is 1.59. The third-order valence-electron chi connectivity index (χ3n) is 2.51. The normalized spacial score (nSPS) is 15.6. The van der Waals surface area contributed by atoms with Gasteiger partial charge in [0.15, 0.2) is 0 Å². The van der Waals surface area contributed by atoms with Crippen molar-refractivity contribution in [1.29, 1.82) is 0 Å². The van der Waals surface area contributed by atoms with Gasteiger partial charge in [-0.05, 0) is 32.3 Å². The van der Waals surface area contributed by atoms with Crippen LogP contribution in [0.4, 0.5) is 0 Å². The molecular weight excluding hydrogens is 178 g/mol. The van der Waals surface area contributed by atoms with Gasteiger partial charge in [0, 0.05) is 18.4 Å². The monoisotopic (exact) mass is 193 g/mol. The maximum absolute atomic E-state index is 11.5. The molecule has 3 nitrogen and oxygen atoms in total. The highest BCUT2D eigenvalue weighted by Gasteiger charge is 2.25. The number of hydrogen-bond acceptors (Lipinski definition) is 2. The van der Waals surface area contributed by atoms with Gasteiger partial charge in [0.25, 0.3) is 0 Å². The largest absolute Gasteiger partial charge is 0.462 e. The van der Waals surface area contributed by atoms with Crippen LogP contribution in [-0.4, -0.2) is 17.1 Å². The Balaban J connectivity index is 2.19. The van der Waals surface area contributed by atoms with Crippen LogP contribution >= 0.6 is 0 Å². The second-order valence-electron chi connectivity index (χ2n) is 3.75. The fraction of sp³-hybridized carbons (Fsp3) is 0.545. The Kier molecular flexibility index (Phi) is 2.32. The zero-order valence-corrected chi connectivity index (χ0v) is 8.62. The maximum atomic E-state index is 11.5. The summed E-state index contributed by atoms with van der Waals surface area (Å²) in [5.74, 6) is -0.204. The summed E-state index contributed by atoms with van der Waals surface area (Å²) < 4.78 is 7.10. The van der Waals surface area contributed by atoms with Gasteiger partial charge >= 0.3 is 5.97 Å². The number of carbonyl (C=O) groups excluding carboxylic acids is 1. The van der Waals surface area contributed by atoms with E-state index in [4.69, 9.17) is 4.74 Å². The number of hydrogen-bond donors (Lipinski definition) is 0. The number of rotatable bonds is 3. The molecule has 3 heteroatoms. The first kappa shape index (κ1) is 9.31. The van der Waals surface area contributed by atoms with Gasteiger partial charge in [-0.3, -0.25) is 0 Å². The predicted molar refractivity (Wildman–Crippen MR) is 53.4 cm³/mol. The van der Waals surface area contributed by atoms with E-state index in [0.29, 0.717) is 18.2 Å². The topological polar surface area (TPSA) is 31.2 Å². The second kappa shape index (κ2) is 3.48. The molecular formula is C11H15NO2. The van der Waals surface area contributed by atoms with Crippen molar-refractivity contribution in [2.45, 2.75) is 32.7 Å². The van der Waals surface area contributed by atoms with Gasteiger partial charge in [-0.2, -0.15) is 0 Å². The molecule has 76 valence electrons. The van der Waals surface area contributed by atoms with E-state index in [9.17, 15) is 4.79 Å². The van der Waals surface area contributed by atoms with Gasteiger partial charge in [0.05, 0.1) is 12.2 Å². The first-order valence-electron chi connectivity index (χ1n) is 5.07. The second-order valence-corrected chi connectivity index (χ2v) is 3.75. The molecule has 1 saturated carbocycles. The van der Waals surface area contributed by atoms with E-state index < -0.39 is 0 Å². The summed E-state index contributed by atoms with van der Waals surface area (Å²) in [5, 5.41) is 0. The van der Waals surface area contributed by atoms with E-state index in [0.717, 1.165) is 5.56 Å². The van der Waals surface area contributed by atoms with Crippen LogP contribution in [0.15, 0.2) is 12.4 Å². The summed E-state index contributed by atoms with van der Waals surface area (Å²) in [6, 6.07) is 0.622. The van der Waals surface area contributed by atoms with Gasteiger partial charge in [0.1, 0.15) is 0 Å². The summed E-state index contributed by atoms with van der Waals surface area (Å²) in [6.45, 7) is 4.21. The van der Waals surface area contributed by atoms with Crippen LogP contribution < -0.4 is 0 Å². The molecule has 1 aromatic heterocycles. The van der Waals surface area contributed by atoms with Crippen molar-refractivity contribution >= 4 is 5.97 Å². The molecule has 1 aliphatic carbocycles. The molecule has 0 saturated heterocycles. The molecule has 0 aromatic carbocycles. The van der Waals surface area contributed by atoms with Crippen molar-refractivity contribution < 1.29 is 9.53 Å². The minimum absolute atomic E-state index is 0.204. The molecule has 1 fully saturated rings. The molecule has 1 aromatic rings. The van der Waals surface area contributed by atoms with Gasteiger partial charge < -0.3 is 9.30 Å². The van der Waals surface area contributed by atoms with Crippen molar-refractivity contribution in [1.82, 2.24) is 4.57 Å². The molecule has 0 radical (unpaired) electrons. The Hall–Kier alpha value is -1.25. The van der Waals surface area contributed by atoms with Crippen LogP contribution in [0.3, 0.4) is 0 Å². The highest BCUT2D eigenvalue weighted by Crippen LogP contribution is 2.35. The van der Waals surface area contributed by atoms with Crippen LogP contribution in [0.2, 0.25) is 0 Å². The summed E-state index contributed by atoms with van der Waals surface area (Å²) in [5.41, 5.74) is 1.72. The molecule has 0 N–H and O–H groups in total. The lowest BCUT2D eigenvalue weighted by atomic mass is 10.2. The Bertz CT molecular complexity index is 350. The van der Waals surface area contributed by atoms with Crippen molar-refractivity contribution in [3.8, 4) is 0 Å². The van der Waals surface area contributed by atoms with E-state index in [2.05, 4.69) is 4.57 Å². The zero-order chi connectivity index (χ0) is 10.1. The first-order valence-corrected chi connectivity index (χ1v) is 5.07. The average molecular weight is 193 g/mol. The molecule has 14 heavy (non-hydrogen) atoms. The van der Waals surface area contributed by atoms with Crippen molar-refractivity contribution in [3.05, 3.63) is 23.5 Å². The predicted octanol–water partition coefficient (Wildman–Crippen LogP) is 2.31. The number of aryl methyl sites for hydroxylation is 1. The first-order chi connectivity index (χ1) is 6.72. The summed E-state index contributed by atoms with van der Waals surface area (Å²) in [6.07, 6.45) is 6.40. The Morgan fingerprint density at radius 1 is 1.57 bits per heavy atom. The van der Waals surface area contributed by atoms with Gasteiger partial charge in [-0.25, -0.2) is 4.79 Å². The molecule has 0 atom stereocenters. The number of aromatic nitrogens is 1. The van der Waals surface area contributed by atoms with E-state index in [1.54, 1.807) is 0 Å². The van der Waals surface area contributed by atoms with Crippen molar-refractivity contribution in [2.75, 3.05) is 6.61 Å². The number of esters is 1. The molecule has 1 heterocycles. The van der Waals surface area contributed by atoms with Gasteiger partial charge in [0.2, 0.25) is 0 Å². The van der Waals surface area contributed by atoms with Crippen LogP contribution in [-0.2, 0) is 4.74 Å². The minimum atomic E-state index is -0.204. The van der Waals surface area contributed by atoms with Crippen LogP contribution in [0.25, 0.3) is 0 Å². The molecule has 0 amide bonds. The summed E-state index contributed by atoms with van der Waals surface area (Å²) in [4.78, 5) is 11.5. The van der Waals surface area contributed by atoms with Gasteiger partial charge in [-0.15, -0.1) is 0 Å². The fourth-order valence-corrected chi connectivity index (χ4v) is 1.59. The Morgan fingerprint density at radius 3 is 2.86 bits per heavy atom. The third-order valence-corrected chi connectivity index (χ3v) is 2.51. The summed E-state index contributed by atoms with van der Waals surface area (Å²) >= 11 is 0. The van der Waals surface area contributed by atoms with E-state index >= 15 is 0 Å². The SMILES string of the molecule is CCOC(=O)c1cn(C2CC2)cc1C. The lowest BCUT2D eigenvalue weighted by Crippen LogP contribution is -2.04. The lowest BCUT2D eigenvalue weighted by Gasteiger charge is -1.99. The quantitative estimate of drug-likeness (QED) is 0.690. The molecule has 0 aliphatic heterocycles. The molecule has 2 rings (SSSR count). The molecule has 0 bridgehead atoms. The minimum Gasteiger partial charge on any atom is -0.462 e. The smallest absolute Gasteiger partial charge is 0.339 e. The number of ether oxygens (including phenoxy) is 1. The number of carbonyl (C=O) groups is 1. The van der Waals surface area contributed by atoms with Crippen molar-refractivity contribution in [2.24, 2.45) is 0 Å². The van der Waals surface area contributed by atoms with Crippen LogP contribution in [0.1, 0.15) is 41.7 Å². The summed E-state index contributed by atoms with van der Waals surface area (Å²) in [7, 11) is 0. The van der Waals surface area contributed by atoms with E-state index in [1.165, 1.54) is 12.8 Å². The van der Waals surface area contributed by atoms with Crippen LogP contribution in [0.5, 0.6) is 0 Å². The van der Waals surface area contributed by atoms with E-state index in [-0.39, 0.29) is 5.97 Å². The third kappa shape index (κ3) is 1.67. The molecule has 0 unspecified atom stereocenters. The molecule has 0 spiro atoms.